The number of esters is 2. The number of alkyl carbamates (subject to hydrolysis) is 1. The molecule has 2 aromatic carbocycles. The molecular formula is C26H32N2O7. The van der Waals surface area contributed by atoms with Crippen LogP contribution in [0, 0.1) is 5.92 Å². The molecule has 1 aliphatic heterocycles. The molecule has 0 bridgehead atoms. The number of methoxy groups -OCH3 is 2. The maximum atomic E-state index is 12.4. The van der Waals surface area contributed by atoms with Crippen LogP contribution < -0.4 is 10.1 Å². The lowest BCUT2D eigenvalue weighted by Gasteiger charge is -2.35. The number of nitrogens with one attached hydrogen (secondary N) is 1. The Hall–Kier alpha value is -3.59. The summed E-state index contributed by atoms with van der Waals surface area (Å²) in [5.41, 5.74) is 2.51. The van der Waals surface area contributed by atoms with Gasteiger partial charge in [0, 0.05) is 18.5 Å². The zero-order valence-corrected chi connectivity index (χ0v) is 20.5. The molecule has 0 saturated heterocycles. The van der Waals surface area contributed by atoms with Crippen LogP contribution in [0.25, 0.3) is 0 Å². The smallest absolute Gasteiger partial charge is 0.408 e. The van der Waals surface area contributed by atoms with E-state index in [4.69, 9.17) is 18.9 Å². The molecule has 188 valence electrons. The Morgan fingerprint density at radius 3 is 2.37 bits per heavy atom. The van der Waals surface area contributed by atoms with Crippen LogP contribution in [0.1, 0.15) is 30.5 Å². The molecule has 1 amide bonds. The number of hydrogen-bond donors (Lipinski definition) is 1. The number of carbonyl (C=O) groups excluding carboxylic acids is 3. The van der Waals surface area contributed by atoms with Crippen LogP contribution in [0.4, 0.5) is 4.79 Å². The molecule has 0 radical (unpaired) electrons. The number of carbonyl (C=O) groups is 3. The molecule has 9 nitrogen and oxygen atoms in total. The summed E-state index contributed by atoms with van der Waals surface area (Å²) in [5, 5.41) is 2.59. The number of ether oxygens (including phenoxy) is 4. The fraction of sp³-hybridized carbons (Fsp3) is 0.423. The van der Waals surface area contributed by atoms with E-state index in [1.165, 1.54) is 14.2 Å². The average molecular weight is 485 g/mol. The van der Waals surface area contributed by atoms with E-state index in [9.17, 15) is 14.4 Å². The van der Waals surface area contributed by atoms with Gasteiger partial charge in [0.2, 0.25) is 0 Å². The fourth-order valence-corrected chi connectivity index (χ4v) is 4.06. The second kappa shape index (κ2) is 12.2. The molecule has 0 spiro atoms. The van der Waals surface area contributed by atoms with Crippen molar-refractivity contribution in [3.05, 3.63) is 65.2 Å². The van der Waals surface area contributed by atoms with Crippen molar-refractivity contribution in [2.75, 3.05) is 21.0 Å². The van der Waals surface area contributed by atoms with Crippen LogP contribution in [0.3, 0.4) is 0 Å². The first kappa shape index (κ1) is 26.0. The molecule has 2 atom stereocenters. The van der Waals surface area contributed by atoms with E-state index in [0.29, 0.717) is 12.3 Å². The maximum Gasteiger partial charge on any atom is 0.408 e. The van der Waals surface area contributed by atoms with Crippen molar-refractivity contribution < 1.29 is 33.3 Å². The molecule has 0 unspecified atom stereocenters. The van der Waals surface area contributed by atoms with E-state index in [-0.39, 0.29) is 31.6 Å². The number of nitrogens with zero attached hydrogens (tertiary/aromatic N) is 1. The minimum absolute atomic E-state index is 0.0329. The van der Waals surface area contributed by atoms with Crippen LogP contribution in [0.5, 0.6) is 5.75 Å². The molecule has 9 heteroatoms. The van der Waals surface area contributed by atoms with Gasteiger partial charge in [0.1, 0.15) is 31.2 Å². The van der Waals surface area contributed by atoms with Gasteiger partial charge in [-0.1, -0.05) is 56.3 Å². The van der Waals surface area contributed by atoms with E-state index < -0.39 is 24.1 Å². The zero-order valence-electron chi connectivity index (χ0n) is 20.5. The summed E-state index contributed by atoms with van der Waals surface area (Å²) in [7, 11) is 2.64. The molecule has 0 saturated carbocycles. The third-order valence-corrected chi connectivity index (χ3v) is 5.78. The van der Waals surface area contributed by atoms with Crippen molar-refractivity contribution in [1.82, 2.24) is 10.2 Å². The van der Waals surface area contributed by atoms with Gasteiger partial charge >= 0.3 is 18.0 Å². The Bertz CT molecular complexity index is 1030. The molecule has 1 heterocycles. The normalized spacial score (nSPS) is 14.8. The van der Waals surface area contributed by atoms with Crippen molar-refractivity contribution >= 4 is 18.0 Å². The lowest BCUT2D eigenvalue weighted by Crippen LogP contribution is -2.48. The largest absolute Gasteiger partial charge is 0.478 e. The minimum atomic E-state index is -0.930. The molecule has 3 rings (SSSR count). The molecular weight excluding hydrogens is 452 g/mol. The monoisotopic (exact) mass is 484 g/mol. The Morgan fingerprint density at radius 2 is 1.71 bits per heavy atom. The van der Waals surface area contributed by atoms with Crippen molar-refractivity contribution in [3.63, 3.8) is 0 Å². The molecule has 0 fully saturated rings. The molecule has 35 heavy (non-hydrogen) atoms. The Kier molecular flexibility index (Phi) is 9.08. The van der Waals surface area contributed by atoms with Gasteiger partial charge in [-0.05, 0) is 23.1 Å². The average Bonchev–Trinajstić information content (AvgIpc) is 2.86. The van der Waals surface area contributed by atoms with Crippen LogP contribution >= 0.6 is 0 Å². The first-order valence-electron chi connectivity index (χ1n) is 11.4. The van der Waals surface area contributed by atoms with Gasteiger partial charge in [-0.25, -0.2) is 9.59 Å². The number of amides is 1. The van der Waals surface area contributed by atoms with Gasteiger partial charge in [-0.15, -0.1) is 0 Å². The van der Waals surface area contributed by atoms with E-state index in [1.54, 1.807) is 0 Å². The predicted molar refractivity (Wildman–Crippen MR) is 127 cm³/mol. The third kappa shape index (κ3) is 6.95. The Balaban J connectivity index is 1.68. The quantitative estimate of drug-likeness (QED) is 0.428. The highest BCUT2D eigenvalue weighted by atomic mass is 16.6. The lowest BCUT2D eigenvalue weighted by molar-refractivity contribution is -0.151. The minimum Gasteiger partial charge on any atom is -0.478 e. The predicted octanol–water partition coefficient (Wildman–Crippen LogP) is 3.05. The summed E-state index contributed by atoms with van der Waals surface area (Å²) in [6.45, 7) is 4.75. The van der Waals surface area contributed by atoms with Crippen molar-refractivity contribution in [2.45, 2.75) is 45.5 Å². The van der Waals surface area contributed by atoms with Crippen molar-refractivity contribution in [3.8, 4) is 5.75 Å². The Labute approximate surface area is 205 Å². The van der Waals surface area contributed by atoms with Crippen LogP contribution in [-0.4, -0.2) is 56.0 Å². The van der Waals surface area contributed by atoms with Gasteiger partial charge in [0.25, 0.3) is 0 Å². The number of fused-ring (bicyclic) bond motifs is 1. The molecule has 1 aliphatic rings. The summed E-state index contributed by atoms with van der Waals surface area (Å²) in [6.07, 6.45) is -0.514. The van der Waals surface area contributed by atoms with Crippen LogP contribution in [-0.2, 0) is 43.4 Å². The molecule has 0 aromatic heterocycles. The highest BCUT2D eigenvalue weighted by molar-refractivity contribution is 5.81. The summed E-state index contributed by atoms with van der Waals surface area (Å²) >= 11 is 0. The molecule has 2 aromatic rings. The summed E-state index contributed by atoms with van der Waals surface area (Å²) in [5.74, 6) is -0.150. The standard InChI is InChI=1S/C26H32N2O7/c1-17(2)23(25(30)33-4)28-14-20-12-19(10-11-22(20)35-16-28)13-21(24(29)32-3)27-26(31)34-15-18-8-6-5-7-9-18/h5-12,17,21,23H,13-16H2,1-4H3,(H,27,31)/t21-,23-/m1/s1. The van der Waals surface area contributed by atoms with Gasteiger partial charge in [0.15, 0.2) is 0 Å². The van der Waals surface area contributed by atoms with Crippen LogP contribution in [0.2, 0.25) is 0 Å². The molecule has 0 aliphatic carbocycles. The van der Waals surface area contributed by atoms with Crippen LogP contribution in [0.15, 0.2) is 48.5 Å². The fourth-order valence-electron chi connectivity index (χ4n) is 4.06. The molecule has 1 N–H and O–H groups in total. The highest BCUT2D eigenvalue weighted by Gasteiger charge is 2.33. The van der Waals surface area contributed by atoms with E-state index in [1.807, 2.05) is 67.3 Å². The maximum absolute atomic E-state index is 12.4. The summed E-state index contributed by atoms with van der Waals surface area (Å²) < 4.78 is 21.0. The van der Waals surface area contributed by atoms with Gasteiger partial charge in [-0.2, -0.15) is 0 Å². The lowest BCUT2D eigenvalue weighted by atomic mass is 9.99. The van der Waals surface area contributed by atoms with Gasteiger partial charge < -0.3 is 24.3 Å². The van der Waals surface area contributed by atoms with E-state index in [0.717, 1.165) is 16.7 Å². The third-order valence-electron chi connectivity index (χ3n) is 5.78. The SMILES string of the molecule is COC(=O)[C@@H](Cc1ccc2c(c1)CN([C@@H](C(=O)OC)C(C)C)CO2)NC(=O)OCc1ccccc1. The van der Waals surface area contributed by atoms with E-state index >= 15 is 0 Å². The van der Waals surface area contributed by atoms with Crippen molar-refractivity contribution in [1.29, 1.82) is 0 Å². The first-order valence-corrected chi connectivity index (χ1v) is 11.4. The second-order valence-electron chi connectivity index (χ2n) is 8.66. The van der Waals surface area contributed by atoms with Gasteiger partial charge in [0.05, 0.1) is 14.2 Å². The van der Waals surface area contributed by atoms with E-state index in [2.05, 4.69) is 5.32 Å². The first-order chi connectivity index (χ1) is 16.8. The summed E-state index contributed by atoms with van der Waals surface area (Å²) in [6, 6.07) is 13.4. The highest BCUT2D eigenvalue weighted by Crippen LogP contribution is 2.29. The summed E-state index contributed by atoms with van der Waals surface area (Å²) in [4.78, 5) is 38.9. The zero-order chi connectivity index (χ0) is 25.4. The van der Waals surface area contributed by atoms with Crippen molar-refractivity contribution in [2.24, 2.45) is 5.92 Å². The number of rotatable bonds is 9. The van der Waals surface area contributed by atoms with Gasteiger partial charge in [-0.3, -0.25) is 9.69 Å². The number of benzene rings is 2. The topological polar surface area (TPSA) is 103 Å². The Morgan fingerprint density at radius 1 is 1.00 bits per heavy atom. The number of hydrogen-bond acceptors (Lipinski definition) is 8. The second-order valence-corrected chi connectivity index (χ2v) is 8.66.